The van der Waals surface area contributed by atoms with Crippen molar-refractivity contribution < 1.29 is 9.84 Å². The number of halogens is 3. The van der Waals surface area contributed by atoms with Gasteiger partial charge in [0.15, 0.2) is 0 Å². The number of rotatable bonds is 9. The van der Waals surface area contributed by atoms with Gasteiger partial charge in [-0.25, -0.2) is 0 Å². The van der Waals surface area contributed by atoms with E-state index in [4.69, 9.17) is 16.3 Å². The summed E-state index contributed by atoms with van der Waals surface area (Å²) in [7, 11) is 0. The van der Waals surface area contributed by atoms with Gasteiger partial charge in [0, 0.05) is 50.2 Å². The lowest BCUT2D eigenvalue weighted by Crippen LogP contribution is -2.50. The average molecular weight is 592 g/mol. The third kappa shape index (κ3) is 8.85. The van der Waals surface area contributed by atoms with Crippen LogP contribution < -0.4 is 4.74 Å². The van der Waals surface area contributed by atoms with Gasteiger partial charge in [-0.1, -0.05) is 85.5 Å². The summed E-state index contributed by atoms with van der Waals surface area (Å²) in [5.41, 5.74) is 3.03. The minimum Gasteiger partial charge on any atom is -0.489 e. The molecule has 7 heteroatoms. The number of benzene rings is 3. The topological polar surface area (TPSA) is 35.9 Å². The van der Waals surface area contributed by atoms with Crippen LogP contribution in [0.1, 0.15) is 54.7 Å². The van der Waals surface area contributed by atoms with E-state index in [0.29, 0.717) is 6.61 Å². The Balaban J connectivity index is 0.00000210. The van der Waals surface area contributed by atoms with Crippen molar-refractivity contribution >= 4 is 36.4 Å². The summed E-state index contributed by atoms with van der Waals surface area (Å²) in [4.78, 5) is 5.06. The van der Waals surface area contributed by atoms with Crippen LogP contribution in [0.2, 0.25) is 5.02 Å². The van der Waals surface area contributed by atoms with Crippen LogP contribution in [0, 0.1) is 0 Å². The molecule has 1 saturated carbocycles. The quantitative estimate of drug-likeness (QED) is 0.282. The highest BCUT2D eigenvalue weighted by atomic mass is 35.5. The fourth-order valence-corrected chi connectivity index (χ4v) is 6.10. The van der Waals surface area contributed by atoms with Crippen molar-refractivity contribution in [3.63, 3.8) is 0 Å². The van der Waals surface area contributed by atoms with E-state index in [1.165, 1.54) is 23.1 Å². The van der Waals surface area contributed by atoms with Crippen molar-refractivity contribution in [1.29, 1.82) is 0 Å². The molecule has 0 radical (unpaired) electrons. The maximum absolute atomic E-state index is 11.7. The van der Waals surface area contributed by atoms with Crippen molar-refractivity contribution in [2.24, 2.45) is 0 Å². The smallest absolute Gasteiger partial charge is 0.119 e. The fourth-order valence-electron chi connectivity index (χ4n) is 5.90. The van der Waals surface area contributed by atoms with Gasteiger partial charge in [-0.05, 0) is 53.8 Å². The molecule has 1 atom stereocenters. The van der Waals surface area contributed by atoms with Crippen LogP contribution in [0.5, 0.6) is 5.75 Å². The second-order valence-electron chi connectivity index (χ2n) is 10.8. The largest absolute Gasteiger partial charge is 0.489 e. The third-order valence-corrected chi connectivity index (χ3v) is 8.34. The molecule has 4 nitrogen and oxygen atoms in total. The SMILES string of the molecule is Cl.Cl.OC1(C(CN2CCN(Cc3ccc(OCc4ccccc4)cc3)CC2)c2cccc(Cl)c2)CCCCC1. The van der Waals surface area contributed by atoms with Crippen LogP contribution in [0.15, 0.2) is 78.9 Å². The molecular weight excluding hydrogens is 551 g/mol. The summed E-state index contributed by atoms with van der Waals surface area (Å²) in [6.07, 6.45) is 5.21. The van der Waals surface area contributed by atoms with Gasteiger partial charge in [0.1, 0.15) is 12.4 Å². The van der Waals surface area contributed by atoms with Crippen LogP contribution in [0.25, 0.3) is 0 Å². The fraction of sp³-hybridized carbons (Fsp3) is 0.438. The standard InChI is InChI=1S/C32H39ClN2O2.2ClH/c33-29-11-7-10-28(22-29)31(32(36)16-5-2-6-17-32)24-35-20-18-34(19-21-35)23-26-12-14-30(15-13-26)37-25-27-8-3-1-4-9-27;;/h1,3-4,7-15,22,31,36H,2,5-6,16-21,23-25H2;2*1H. The van der Waals surface area contributed by atoms with Gasteiger partial charge in [0.2, 0.25) is 0 Å². The third-order valence-electron chi connectivity index (χ3n) is 8.10. The zero-order valence-electron chi connectivity index (χ0n) is 22.5. The first kappa shape index (κ1) is 31.7. The molecule has 2 fully saturated rings. The van der Waals surface area contributed by atoms with Gasteiger partial charge in [-0.3, -0.25) is 4.90 Å². The molecule has 39 heavy (non-hydrogen) atoms. The lowest BCUT2D eigenvalue weighted by Gasteiger charge is -2.43. The van der Waals surface area contributed by atoms with Crippen LogP contribution in [-0.4, -0.2) is 53.2 Å². The van der Waals surface area contributed by atoms with Gasteiger partial charge >= 0.3 is 0 Å². The molecule has 0 bridgehead atoms. The Bertz CT molecular complexity index is 1120. The summed E-state index contributed by atoms with van der Waals surface area (Å²) in [5.74, 6) is 1.01. The molecule has 5 rings (SSSR count). The Labute approximate surface area is 251 Å². The maximum Gasteiger partial charge on any atom is 0.119 e. The number of hydrogen-bond acceptors (Lipinski definition) is 4. The second kappa shape index (κ2) is 15.3. The van der Waals surface area contributed by atoms with Gasteiger partial charge in [-0.2, -0.15) is 0 Å². The highest BCUT2D eigenvalue weighted by Crippen LogP contribution is 2.41. The number of hydrogen-bond donors (Lipinski definition) is 1. The number of aliphatic hydroxyl groups is 1. The van der Waals surface area contributed by atoms with Crippen LogP contribution >= 0.6 is 36.4 Å². The summed E-state index contributed by atoms with van der Waals surface area (Å²) < 4.78 is 5.94. The molecule has 1 heterocycles. The van der Waals surface area contributed by atoms with E-state index >= 15 is 0 Å². The number of nitrogens with zero attached hydrogens (tertiary/aromatic N) is 2. The van der Waals surface area contributed by atoms with Crippen LogP contribution in [0.3, 0.4) is 0 Å². The molecule has 212 valence electrons. The molecule has 3 aromatic rings. The lowest BCUT2D eigenvalue weighted by molar-refractivity contribution is -0.0344. The predicted molar refractivity (Wildman–Crippen MR) is 166 cm³/mol. The van der Waals surface area contributed by atoms with Crippen molar-refractivity contribution in [2.75, 3.05) is 32.7 Å². The van der Waals surface area contributed by atoms with Gasteiger partial charge in [0.05, 0.1) is 5.60 Å². The summed E-state index contributed by atoms with van der Waals surface area (Å²) in [6, 6.07) is 26.9. The molecule has 1 unspecified atom stereocenters. The molecule has 0 aromatic heterocycles. The normalized spacial score (nSPS) is 18.4. The van der Waals surface area contributed by atoms with E-state index in [-0.39, 0.29) is 30.7 Å². The van der Waals surface area contributed by atoms with Crippen molar-refractivity contribution in [3.8, 4) is 5.75 Å². The van der Waals surface area contributed by atoms with E-state index in [1.54, 1.807) is 0 Å². The van der Waals surface area contributed by atoms with Crippen LogP contribution in [0.4, 0.5) is 0 Å². The predicted octanol–water partition coefficient (Wildman–Crippen LogP) is 7.36. The monoisotopic (exact) mass is 590 g/mol. The first-order chi connectivity index (χ1) is 18.1. The highest BCUT2D eigenvalue weighted by Gasteiger charge is 2.40. The minimum absolute atomic E-state index is 0. The van der Waals surface area contributed by atoms with Gasteiger partial charge in [0.25, 0.3) is 0 Å². The van der Waals surface area contributed by atoms with E-state index in [0.717, 1.165) is 75.7 Å². The van der Waals surface area contributed by atoms with E-state index < -0.39 is 5.60 Å². The molecule has 0 amide bonds. The Hall–Kier alpha value is -1.79. The minimum atomic E-state index is -0.635. The number of piperazine rings is 1. The second-order valence-corrected chi connectivity index (χ2v) is 11.2. The van der Waals surface area contributed by atoms with Gasteiger partial charge in [-0.15, -0.1) is 24.8 Å². The first-order valence-electron chi connectivity index (χ1n) is 13.8. The van der Waals surface area contributed by atoms with E-state index in [1.807, 2.05) is 30.3 Å². The molecule has 1 N–H and O–H groups in total. The van der Waals surface area contributed by atoms with Crippen LogP contribution in [-0.2, 0) is 13.2 Å². The Morgan fingerprint density at radius 3 is 2.10 bits per heavy atom. The Morgan fingerprint density at radius 1 is 0.769 bits per heavy atom. The highest BCUT2D eigenvalue weighted by molar-refractivity contribution is 6.30. The van der Waals surface area contributed by atoms with Crippen molar-refractivity contribution in [3.05, 3.63) is 101 Å². The van der Waals surface area contributed by atoms with Gasteiger partial charge < -0.3 is 14.7 Å². The summed E-state index contributed by atoms with van der Waals surface area (Å²) in [6.45, 7) is 6.54. The van der Waals surface area contributed by atoms with E-state index in [9.17, 15) is 5.11 Å². The zero-order chi connectivity index (χ0) is 25.5. The number of ether oxygens (including phenoxy) is 1. The molecular formula is C32H41Cl3N2O2. The Kier molecular flexibility index (Phi) is 12.4. The Morgan fingerprint density at radius 2 is 1.44 bits per heavy atom. The first-order valence-corrected chi connectivity index (χ1v) is 14.1. The molecule has 0 spiro atoms. The van der Waals surface area contributed by atoms with Crippen molar-refractivity contribution in [2.45, 2.75) is 56.8 Å². The lowest BCUT2D eigenvalue weighted by atomic mass is 9.72. The molecule has 1 saturated heterocycles. The zero-order valence-corrected chi connectivity index (χ0v) is 24.9. The molecule has 2 aliphatic rings. The summed E-state index contributed by atoms with van der Waals surface area (Å²) >= 11 is 6.36. The molecule has 1 aliphatic carbocycles. The average Bonchev–Trinajstić information content (AvgIpc) is 2.93. The molecule has 1 aliphatic heterocycles. The summed E-state index contributed by atoms with van der Waals surface area (Å²) in [5, 5.41) is 12.4. The molecule has 3 aromatic carbocycles. The van der Waals surface area contributed by atoms with Crippen molar-refractivity contribution in [1.82, 2.24) is 9.80 Å². The maximum atomic E-state index is 11.7. The van der Waals surface area contributed by atoms with E-state index in [2.05, 4.69) is 58.3 Å².